The van der Waals surface area contributed by atoms with Crippen LogP contribution >= 0.6 is 11.8 Å². The van der Waals surface area contributed by atoms with Crippen molar-refractivity contribution in [3.63, 3.8) is 0 Å². The molecule has 0 saturated heterocycles. The van der Waals surface area contributed by atoms with Crippen LogP contribution in [0.5, 0.6) is 5.75 Å². The highest BCUT2D eigenvalue weighted by molar-refractivity contribution is 8.16. The van der Waals surface area contributed by atoms with Gasteiger partial charge in [0.2, 0.25) is 0 Å². The average Bonchev–Trinajstić information content (AvgIpc) is 3.20. The predicted molar refractivity (Wildman–Crippen MR) is 115 cm³/mol. The Kier molecular flexibility index (Phi) is 5.71. The molecular formula is C23H22N2O3S. The molecule has 0 radical (unpaired) electrons. The third-order valence-corrected chi connectivity index (χ3v) is 5.54. The molecule has 0 bridgehead atoms. The topological polar surface area (TPSA) is 51.1 Å². The zero-order valence-electron chi connectivity index (χ0n) is 16.4. The lowest BCUT2D eigenvalue weighted by Gasteiger charge is -2.34. The van der Waals surface area contributed by atoms with Gasteiger partial charge in [0.25, 0.3) is 0 Å². The van der Waals surface area contributed by atoms with E-state index in [0.717, 1.165) is 22.0 Å². The first-order valence-electron chi connectivity index (χ1n) is 9.53. The highest BCUT2D eigenvalue weighted by atomic mass is 32.2. The second kappa shape index (κ2) is 8.57. The zero-order valence-corrected chi connectivity index (χ0v) is 17.2. The van der Waals surface area contributed by atoms with E-state index in [1.54, 1.807) is 0 Å². The number of nitrogens with zero attached hydrogens (tertiary/aromatic N) is 2. The minimum atomic E-state index is -0.347. The summed E-state index contributed by atoms with van der Waals surface area (Å²) in [7, 11) is 0. The van der Waals surface area contributed by atoms with Crippen LogP contribution in [-0.4, -0.2) is 22.6 Å². The summed E-state index contributed by atoms with van der Waals surface area (Å²) in [6.45, 7) is 4.43. The predicted octanol–water partition coefficient (Wildman–Crippen LogP) is 5.03. The quantitative estimate of drug-likeness (QED) is 0.630. The molecule has 148 valence electrons. The molecule has 2 aromatic rings. The molecule has 6 heteroatoms. The van der Waals surface area contributed by atoms with Crippen molar-refractivity contribution in [1.29, 1.82) is 0 Å². The van der Waals surface area contributed by atoms with Gasteiger partial charge in [0.05, 0.1) is 23.9 Å². The standard InChI is InChI=1S/C23H22N2O3S/c1-3-27-22(26)20-16(2)24-23-25(13-14-29-23)21(20)18-11-7-8-12-19(18)28-15-17-9-5-4-6-10-17/h4-14,21H,3,15H2,1-2H3/t21-/m0/s1. The van der Waals surface area contributed by atoms with Gasteiger partial charge in [-0.3, -0.25) is 0 Å². The van der Waals surface area contributed by atoms with Gasteiger partial charge in [0.15, 0.2) is 5.17 Å². The summed E-state index contributed by atoms with van der Waals surface area (Å²) in [5.41, 5.74) is 3.21. The number of aliphatic imine (C=N–C) groups is 1. The van der Waals surface area contributed by atoms with Crippen molar-refractivity contribution in [1.82, 2.24) is 4.90 Å². The molecule has 0 aromatic heterocycles. The molecule has 0 amide bonds. The minimum absolute atomic E-state index is 0.315. The summed E-state index contributed by atoms with van der Waals surface area (Å²) in [6.07, 6.45) is 1.95. The van der Waals surface area contributed by atoms with E-state index in [0.29, 0.717) is 24.5 Å². The Morgan fingerprint density at radius 3 is 2.69 bits per heavy atom. The van der Waals surface area contributed by atoms with Gasteiger partial charge in [-0.1, -0.05) is 60.3 Å². The van der Waals surface area contributed by atoms with Gasteiger partial charge in [-0.25, -0.2) is 9.79 Å². The number of para-hydroxylation sites is 1. The molecular weight excluding hydrogens is 384 g/mol. The van der Waals surface area contributed by atoms with E-state index in [1.807, 2.05) is 85.0 Å². The maximum Gasteiger partial charge on any atom is 0.338 e. The van der Waals surface area contributed by atoms with E-state index in [4.69, 9.17) is 9.47 Å². The van der Waals surface area contributed by atoms with Crippen LogP contribution in [0.3, 0.4) is 0 Å². The van der Waals surface area contributed by atoms with Gasteiger partial charge in [-0.05, 0) is 30.9 Å². The second-order valence-corrected chi connectivity index (χ2v) is 7.51. The number of thioether (sulfide) groups is 1. The van der Waals surface area contributed by atoms with Crippen molar-refractivity contribution >= 4 is 22.9 Å². The molecule has 29 heavy (non-hydrogen) atoms. The number of fused-ring (bicyclic) bond motifs is 1. The van der Waals surface area contributed by atoms with Gasteiger partial charge in [0, 0.05) is 11.8 Å². The van der Waals surface area contributed by atoms with Gasteiger partial charge in [-0.2, -0.15) is 0 Å². The van der Waals surface area contributed by atoms with Gasteiger partial charge >= 0.3 is 5.97 Å². The number of hydrogen-bond acceptors (Lipinski definition) is 6. The Labute approximate surface area is 174 Å². The monoisotopic (exact) mass is 406 g/mol. The molecule has 2 aromatic carbocycles. The second-order valence-electron chi connectivity index (χ2n) is 6.64. The summed E-state index contributed by atoms with van der Waals surface area (Å²) in [5, 5.41) is 2.82. The lowest BCUT2D eigenvalue weighted by Crippen LogP contribution is -2.34. The molecule has 2 aliphatic heterocycles. The van der Waals surface area contributed by atoms with Crippen LogP contribution in [-0.2, 0) is 16.1 Å². The van der Waals surface area contributed by atoms with Crippen LogP contribution in [0.1, 0.15) is 31.0 Å². The molecule has 0 unspecified atom stereocenters. The Morgan fingerprint density at radius 1 is 1.14 bits per heavy atom. The number of allylic oxidation sites excluding steroid dienone is 1. The van der Waals surface area contributed by atoms with Crippen LogP contribution in [0.4, 0.5) is 0 Å². The van der Waals surface area contributed by atoms with E-state index in [1.165, 1.54) is 11.8 Å². The average molecular weight is 407 g/mol. The fourth-order valence-corrected chi connectivity index (χ4v) is 4.24. The Balaban J connectivity index is 1.72. The van der Waals surface area contributed by atoms with Crippen molar-refractivity contribution in [3.8, 4) is 5.75 Å². The first-order valence-corrected chi connectivity index (χ1v) is 10.4. The number of carbonyl (C=O) groups is 1. The maximum absolute atomic E-state index is 12.8. The summed E-state index contributed by atoms with van der Waals surface area (Å²) in [6, 6.07) is 17.5. The zero-order chi connectivity index (χ0) is 20.2. The minimum Gasteiger partial charge on any atom is -0.489 e. The Bertz CT molecular complexity index is 998. The molecule has 0 aliphatic carbocycles. The Hall–Kier alpha value is -2.99. The first kappa shape index (κ1) is 19.3. The van der Waals surface area contributed by atoms with Crippen molar-refractivity contribution in [2.24, 2.45) is 4.99 Å². The van der Waals surface area contributed by atoms with E-state index >= 15 is 0 Å². The van der Waals surface area contributed by atoms with Crippen LogP contribution in [0.25, 0.3) is 0 Å². The van der Waals surface area contributed by atoms with E-state index in [2.05, 4.69) is 4.99 Å². The fraction of sp³-hybridized carbons (Fsp3) is 0.217. The van der Waals surface area contributed by atoms with Crippen molar-refractivity contribution in [3.05, 3.63) is 88.6 Å². The summed E-state index contributed by atoms with van der Waals surface area (Å²) < 4.78 is 11.5. The lowest BCUT2D eigenvalue weighted by atomic mass is 9.94. The molecule has 0 spiro atoms. The summed E-state index contributed by atoms with van der Waals surface area (Å²) in [5.74, 6) is 0.392. The molecule has 0 fully saturated rings. The number of benzene rings is 2. The van der Waals surface area contributed by atoms with E-state index in [-0.39, 0.29) is 12.0 Å². The SMILES string of the molecule is CCOC(=O)C1=C(C)N=C2SC=CN2[C@H]1c1ccccc1OCc1ccccc1. The smallest absolute Gasteiger partial charge is 0.338 e. The highest BCUT2D eigenvalue weighted by Gasteiger charge is 2.38. The number of amidine groups is 1. The highest BCUT2D eigenvalue weighted by Crippen LogP contribution is 2.43. The molecule has 5 nitrogen and oxygen atoms in total. The third kappa shape index (κ3) is 3.93. The van der Waals surface area contributed by atoms with Gasteiger partial charge in [0.1, 0.15) is 12.4 Å². The summed E-state index contributed by atoms with van der Waals surface area (Å²) in [4.78, 5) is 19.4. The lowest BCUT2D eigenvalue weighted by molar-refractivity contribution is -0.139. The van der Waals surface area contributed by atoms with E-state index < -0.39 is 0 Å². The molecule has 1 atom stereocenters. The summed E-state index contributed by atoms with van der Waals surface area (Å²) >= 11 is 1.54. The normalized spacial score (nSPS) is 17.8. The van der Waals surface area contributed by atoms with E-state index in [9.17, 15) is 4.79 Å². The van der Waals surface area contributed by atoms with Gasteiger partial charge < -0.3 is 14.4 Å². The van der Waals surface area contributed by atoms with Crippen molar-refractivity contribution < 1.29 is 14.3 Å². The largest absolute Gasteiger partial charge is 0.489 e. The molecule has 4 rings (SSSR count). The number of carbonyl (C=O) groups excluding carboxylic acids is 1. The molecule has 0 saturated carbocycles. The van der Waals surface area contributed by atoms with Crippen LogP contribution < -0.4 is 4.74 Å². The third-order valence-electron chi connectivity index (χ3n) is 4.77. The number of hydrogen-bond donors (Lipinski definition) is 0. The Morgan fingerprint density at radius 2 is 1.90 bits per heavy atom. The molecule has 2 aliphatic rings. The van der Waals surface area contributed by atoms with Crippen molar-refractivity contribution in [2.45, 2.75) is 26.5 Å². The van der Waals surface area contributed by atoms with Gasteiger partial charge in [-0.15, -0.1) is 0 Å². The van der Waals surface area contributed by atoms with Crippen LogP contribution in [0.15, 0.2) is 82.5 Å². The number of rotatable bonds is 6. The first-order chi connectivity index (χ1) is 14.2. The van der Waals surface area contributed by atoms with Crippen LogP contribution in [0, 0.1) is 0 Å². The molecule has 2 heterocycles. The fourth-order valence-electron chi connectivity index (χ4n) is 3.45. The van der Waals surface area contributed by atoms with Crippen LogP contribution in [0.2, 0.25) is 0 Å². The maximum atomic E-state index is 12.8. The number of ether oxygens (including phenoxy) is 2. The molecule has 0 N–H and O–H groups in total. The van der Waals surface area contributed by atoms with Crippen molar-refractivity contribution in [2.75, 3.05) is 6.61 Å². The number of esters is 1.